The van der Waals surface area contributed by atoms with E-state index in [-0.39, 0.29) is 0 Å². The Morgan fingerprint density at radius 2 is 2.12 bits per heavy atom. The van der Waals surface area contributed by atoms with Crippen molar-refractivity contribution in [3.05, 3.63) is 35.4 Å². The largest absolute Gasteiger partial charge is 0.471 e. The summed E-state index contributed by atoms with van der Waals surface area (Å²) in [5.74, 6) is 1.25. The molecule has 3 aliphatic rings. The van der Waals surface area contributed by atoms with Gasteiger partial charge >= 0.3 is 0 Å². The van der Waals surface area contributed by atoms with Crippen LogP contribution in [0.5, 0.6) is 0 Å². The van der Waals surface area contributed by atoms with Crippen LogP contribution in [0.3, 0.4) is 0 Å². The topological polar surface area (TPSA) is 15.7 Å². The van der Waals surface area contributed by atoms with Crippen LogP contribution in [0.4, 0.5) is 0 Å². The number of fused-ring (bicyclic) bond motifs is 4. The molecule has 4 rings (SSSR count). The van der Waals surface area contributed by atoms with E-state index in [1.54, 1.807) is 11.1 Å². The molecule has 3 unspecified atom stereocenters. The first-order valence-corrected chi connectivity index (χ1v) is 10.3. The fraction of sp³-hybridized carbons (Fsp3) is 0.667. The summed E-state index contributed by atoms with van der Waals surface area (Å²) in [6, 6.07) is 10.1. The molecule has 0 spiro atoms. The molecule has 0 aliphatic carbocycles. The second-order valence-electron chi connectivity index (χ2n) is 8.33. The van der Waals surface area contributed by atoms with Gasteiger partial charge < -0.3 is 9.64 Å². The van der Waals surface area contributed by atoms with Crippen molar-refractivity contribution >= 4 is 17.4 Å². The summed E-state index contributed by atoms with van der Waals surface area (Å²) in [5.41, 5.74) is 3.09. The molecule has 1 aromatic rings. The summed E-state index contributed by atoms with van der Waals surface area (Å²) < 4.78 is 5.94. The normalized spacial score (nSPS) is 28.9. The number of rotatable bonds is 2. The molecule has 0 amide bonds. The van der Waals surface area contributed by atoms with E-state index in [2.05, 4.69) is 47.9 Å². The van der Waals surface area contributed by atoms with E-state index < -0.39 is 0 Å². The van der Waals surface area contributed by atoms with E-state index in [9.17, 15) is 0 Å². The highest BCUT2D eigenvalue weighted by Gasteiger charge is 2.43. The molecule has 25 heavy (non-hydrogen) atoms. The summed E-state index contributed by atoms with van der Waals surface area (Å²) in [6.07, 6.45) is 4.96. The van der Waals surface area contributed by atoms with Crippen LogP contribution >= 0.6 is 12.2 Å². The minimum Gasteiger partial charge on any atom is -0.471 e. The number of benzene rings is 1. The minimum atomic E-state index is 0.519. The number of hydrogen-bond donors (Lipinski definition) is 0. The fourth-order valence-corrected chi connectivity index (χ4v) is 5.24. The maximum Gasteiger partial charge on any atom is 0.259 e. The van der Waals surface area contributed by atoms with Gasteiger partial charge in [-0.1, -0.05) is 38.1 Å². The fourth-order valence-electron chi connectivity index (χ4n) is 4.94. The molecular formula is C21H30N2OS. The number of piperidine rings is 2. The van der Waals surface area contributed by atoms with E-state index in [0.717, 1.165) is 24.2 Å². The third-order valence-corrected chi connectivity index (χ3v) is 6.50. The van der Waals surface area contributed by atoms with Gasteiger partial charge in [0.25, 0.3) is 5.17 Å². The highest BCUT2D eigenvalue weighted by Crippen LogP contribution is 2.42. The molecule has 3 heterocycles. The molecule has 0 aromatic heterocycles. The molecule has 3 aliphatic heterocycles. The third-order valence-electron chi connectivity index (χ3n) is 6.15. The van der Waals surface area contributed by atoms with Gasteiger partial charge in [0, 0.05) is 31.7 Å². The predicted molar refractivity (Wildman–Crippen MR) is 106 cm³/mol. The van der Waals surface area contributed by atoms with Gasteiger partial charge in [-0.2, -0.15) is 0 Å². The second-order valence-corrected chi connectivity index (χ2v) is 8.68. The third kappa shape index (κ3) is 3.43. The summed E-state index contributed by atoms with van der Waals surface area (Å²) in [4.78, 5) is 5.14. The van der Waals surface area contributed by atoms with Crippen LogP contribution < -0.4 is 0 Å². The molecule has 0 saturated carbocycles. The van der Waals surface area contributed by atoms with E-state index in [0.29, 0.717) is 18.0 Å². The van der Waals surface area contributed by atoms with Crippen LogP contribution in [0.15, 0.2) is 24.3 Å². The Hall–Kier alpha value is -1.13. The van der Waals surface area contributed by atoms with Crippen molar-refractivity contribution in [1.29, 1.82) is 0 Å². The first-order chi connectivity index (χ1) is 12.1. The zero-order chi connectivity index (χ0) is 17.4. The van der Waals surface area contributed by atoms with Crippen molar-refractivity contribution in [2.45, 2.75) is 51.6 Å². The van der Waals surface area contributed by atoms with Gasteiger partial charge in [-0.3, -0.25) is 4.90 Å². The van der Waals surface area contributed by atoms with Crippen molar-refractivity contribution in [1.82, 2.24) is 9.80 Å². The highest BCUT2D eigenvalue weighted by atomic mass is 32.1. The summed E-state index contributed by atoms with van der Waals surface area (Å²) in [5, 5.41) is 0.737. The lowest BCUT2D eigenvalue weighted by Crippen LogP contribution is -2.57. The second kappa shape index (κ2) is 7.24. The van der Waals surface area contributed by atoms with Crippen molar-refractivity contribution in [2.24, 2.45) is 11.8 Å². The number of likely N-dealkylation sites (tertiary alicyclic amines) is 1. The van der Waals surface area contributed by atoms with Crippen LogP contribution in [0.2, 0.25) is 0 Å². The lowest BCUT2D eigenvalue weighted by molar-refractivity contribution is 0.00789. The van der Waals surface area contributed by atoms with Gasteiger partial charge in [0.1, 0.15) is 0 Å². The molecule has 2 saturated heterocycles. The van der Waals surface area contributed by atoms with Crippen LogP contribution in [0, 0.1) is 11.8 Å². The van der Waals surface area contributed by atoms with Gasteiger partial charge in [-0.15, -0.1) is 0 Å². The van der Waals surface area contributed by atoms with Gasteiger partial charge in [0.2, 0.25) is 0 Å². The zero-order valence-corrected chi connectivity index (χ0v) is 16.3. The molecule has 0 N–H and O–H groups in total. The standard InChI is InChI=1S/C21H30N2OS/c1-15(2)14-24-21(25)23-10-5-7-17-13-22-11-9-16-6-3-4-8-18(16)20(22)12-19(17)23/h3-4,6,8,15,17,19-20H,5,7,9-14H2,1-2H3. The Morgan fingerprint density at radius 1 is 1.28 bits per heavy atom. The molecule has 3 atom stereocenters. The molecule has 3 nitrogen and oxygen atoms in total. The lowest BCUT2D eigenvalue weighted by atomic mass is 9.77. The minimum absolute atomic E-state index is 0.519. The molecule has 4 heteroatoms. The Morgan fingerprint density at radius 3 is 2.96 bits per heavy atom. The van der Waals surface area contributed by atoms with Gasteiger partial charge in [0.05, 0.1) is 6.61 Å². The van der Waals surface area contributed by atoms with Crippen molar-refractivity contribution in [2.75, 3.05) is 26.2 Å². The highest BCUT2D eigenvalue weighted by molar-refractivity contribution is 7.80. The van der Waals surface area contributed by atoms with Gasteiger partial charge in [-0.25, -0.2) is 0 Å². The Bertz CT molecular complexity index is 632. The van der Waals surface area contributed by atoms with E-state index >= 15 is 0 Å². The van der Waals surface area contributed by atoms with Crippen molar-refractivity contribution in [3.8, 4) is 0 Å². The van der Waals surface area contributed by atoms with E-state index in [1.807, 2.05) is 0 Å². The molecule has 1 aromatic carbocycles. The summed E-state index contributed by atoms with van der Waals surface area (Å²) in [6.45, 7) is 8.57. The molecule has 0 radical (unpaired) electrons. The van der Waals surface area contributed by atoms with Crippen molar-refractivity contribution < 1.29 is 4.74 Å². The molecule has 2 fully saturated rings. The smallest absolute Gasteiger partial charge is 0.259 e. The predicted octanol–water partition coefficient (Wildman–Crippen LogP) is 4.03. The van der Waals surface area contributed by atoms with Crippen LogP contribution in [0.25, 0.3) is 0 Å². The molecule has 136 valence electrons. The quantitative estimate of drug-likeness (QED) is 0.742. The van der Waals surface area contributed by atoms with Crippen LogP contribution in [0.1, 0.15) is 50.3 Å². The first-order valence-electron chi connectivity index (χ1n) is 9.88. The van der Waals surface area contributed by atoms with E-state index in [1.165, 1.54) is 38.8 Å². The number of ether oxygens (including phenoxy) is 1. The van der Waals surface area contributed by atoms with Gasteiger partial charge in [0.15, 0.2) is 0 Å². The Labute approximate surface area is 157 Å². The SMILES string of the molecule is CC(C)COC(=S)N1CCCC2CN3CCc4ccccc4C3CC21. The lowest BCUT2D eigenvalue weighted by Gasteiger charge is -2.52. The Kier molecular flexibility index (Phi) is 5.01. The average Bonchev–Trinajstić information content (AvgIpc) is 2.64. The summed E-state index contributed by atoms with van der Waals surface area (Å²) in [7, 11) is 0. The monoisotopic (exact) mass is 358 g/mol. The average molecular weight is 359 g/mol. The van der Waals surface area contributed by atoms with E-state index in [4.69, 9.17) is 17.0 Å². The number of thiocarbonyl (C=S) groups is 1. The number of hydrogen-bond acceptors (Lipinski definition) is 3. The molecular weight excluding hydrogens is 328 g/mol. The molecule has 0 bridgehead atoms. The van der Waals surface area contributed by atoms with Gasteiger partial charge in [-0.05, 0) is 60.9 Å². The zero-order valence-electron chi connectivity index (χ0n) is 15.5. The maximum absolute atomic E-state index is 5.94. The Balaban J connectivity index is 1.53. The number of nitrogens with zero attached hydrogens (tertiary/aromatic N) is 2. The van der Waals surface area contributed by atoms with Crippen LogP contribution in [-0.2, 0) is 11.2 Å². The summed E-state index contributed by atoms with van der Waals surface area (Å²) >= 11 is 5.68. The maximum atomic E-state index is 5.94. The first kappa shape index (κ1) is 17.3. The van der Waals surface area contributed by atoms with Crippen LogP contribution in [-0.4, -0.2) is 47.3 Å². The van der Waals surface area contributed by atoms with Crippen molar-refractivity contribution in [3.63, 3.8) is 0 Å².